The Morgan fingerprint density at radius 2 is 2.18 bits per heavy atom. The van der Waals surface area contributed by atoms with E-state index in [1.807, 2.05) is 0 Å². The van der Waals surface area contributed by atoms with Gasteiger partial charge in [0.1, 0.15) is 0 Å². The number of likely N-dealkylation sites (N-methyl/N-ethyl adjacent to an activating group) is 1. The summed E-state index contributed by atoms with van der Waals surface area (Å²) in [6.07, 6.45) is -1.78. The average molecular weight is 254 g/mol. The number of ether oxygens (including phenoxy) is 1. The van der Waals surface area contributed by atoms with Crippen LogP contribution in [-0.4, -0.2) is 56.5 Å². The standard InChI is InChI=1S/C11H21F3N2O/c1-9(16(2)8-11(12,13)14)6-15-7-10-4-3-5-17-10/h9-10,15H,3-8H2,1-2H3. The second-order valence-electron chi connectivity index (χ2n) is 4.67. The Bertz CT molecular complexity index is 217. The molecule has 1 N–H and O–H groups in total. The van der Waals surface area contributed by atoms with E-state index in [9.17, 15) is 13.2 Å². The van der Waals surface area contributed by atoms with E-state index in [4.69, 9.17) is 4.74 Å². The van der Waals surface area contributed by atoms with Gasteiger partial charge in [-0.15, -0.1) is 0 Å². The van der Waals surface area contributed by atoms with Crippen LogP contribution in [0.4, 0.5) is 13.2 Å². The fourth-order valence-corrected chi connectivity index (χ4v) is 1.85. The molecule has 3 nitrogen and oxygen atoms in total. The van der Waals surface area contributed by atoms with Crippen LogP contribution in [0.2, 0.25) is 0 Å². The van der Waals surface area contributed by atoms with Crippen molar-refractivity contribution in [2.24, 2.45) is 0 Å². The van der Waals surface area contributed by atoms with Crippen LogP contribution in [0.15, 0.2) is 0 Å². The van der Waals surface area contributed by atoms with Gasteiger partial charge in [-0.25, -0.2) is 0 Å². The van der Waals surface area contributed by atoms with Gasteiger partial charge in [0.2, 0.25) is 0 Å². The van der Waals surface area contributed by atoms with Gasteiger partial charge in [-0.05, 0) is 26.8 Å². The predicted octanol–water partition coefficient (Wildman–Crippen LogP) is 1.64. The molecule has 1 rings (SSSR count). The molecule has 17 heavy (non-hydrogen) atoms. The third-order valence-electron chi connectivity index (χ3n) is 3.02. The lowest BCUT2D eigenvalue weighted by Crippen LogP contribution is -2.43. The highest BCUT2D eigenvalue weighted by Crippen LogP contribution is 2.16. The van der Waals surface area contributed by atoms with Crippen LogP contribution >= 0.6 is 0 Å². The van der Waals surface area contributed by atoms with E-state index in [0.29, 0.717) is 6.54 Å². The zero-order valence-corrected chi connectivity index (χ0v) is 10.4. The van der Waals surface area contributed by atoms with Gasteiger partial charge < -0.3 is 10.1 Å². The van der Waals surface area contributed by atoms with Crippen LogP contribution in [0, 0.1) is 0 Å². The highest BCUT2D eigenvalue weighted by atomic mass is 19.4. The van der Waals surface area contributed by atoms with Crippen LogP contribution in [0.3, 0.4) is 0 Å². The number of alkyl halides is 3. The van der Waals surface area contributed by atoms with Gasteiger partial charge in [-0.1, -0.05) is 0 Å². The first-order chi connectivity index (χ1) is 7.88. The van der Waals surface area contributed by atoms with Gasteiger partial charge in [0, 0.05) is 25.7 Å². The molecular weight excluding hydrogens is 233 g/mol. The van der Waals surface area contributed by atoms with Gasteiger partial charge in [0.05, 0.1) is 12.6 Å². The zero-order valence-electron chi connectivity index (χ0n) is 10.4. The van der Waals surface area contributed by atoms with Gasteiger partial charge in [0.15, 0.2) is 0 Å². The molecule has 1 aliphatic rings. The number of hydrogen-bond acceptors (Lipinski definition) is 3. The third kappa shape index (κ3) is 6.24. The van der Waals surface area contributed by atoms with Gasteiger partial charge >= 0.3 is 6.18 Å². The summed E-state index contributed by atoms with van der Waals surface area (Å²) < 4.78 is 41.9. The second kappa shape index (κ2) is 6.56. The van der Waals surface area contributed by atoms with E-state index in [0.717, 1.165) is 26.0 Å². The highest BCUT2D eigenvalue weighted by molar-refractivity contribution is 4.72. The highest BCUT2D eigenvalue weighted by Gasteiger charge is 2.30. The molecule has 0 radical (unpaired) electrons. The minimum absolute atomic E-state index is 0.141. The molecule has 1 fully saturated rings. The summed E-state index contributed by atoms with van der Waals surface area (Å²) in [5, 5.41) is 3.16. The number of nitrogens with zero attached hydrogens (tertiary/aromatic N) is 1. The van der Waals surface area contributed by atoms with Crippen LogP contribution in [0.1, 0.15) is 19.8 Å². The van der Waals surface area contributed by atoms with Crippen molar-refractivity contribution in [1.29, 1.82) is 0 Å². The number of halogens is 3. The molecule has 0 amide bonds. The maximum Gasteiger partial charge on any atom is 0.401 e. The fraction of sp³-hybridized carbons (Fsp3) is 1.00. The summed E-state index contributed by atoms with van der Waals surface area (Å²) in [6, 6.07) is -0.141. The largest absolute Gasteiger partial charge is 0.401 e. The summed E-state index contributed by atoms with van der Waals surface area (Å²) in [4.78, 5) is 1.31. The minimum atomic E-state index is -4.13. The SMILES string of the molecule is CC(CNCC1CCCO1)N(C)CC(F)(F)F. The molecule has 0 spiro atoms. The summed E-state index contributed by atoms with van der Waals surface area (Å²) in [7, 11) is 1.49. The van der Waals surface area contributed by atoms with Crippen molar-refractivity contribution >= 4 is 0 Å². The molecule has 0 saturated carbocycles. The van der Waals surface area contributed by atoms with Crippen molar-refractivity contribution < 1.29 is 17.9 Å². The maximum absolute atomic E-state index is 12.2. The Balaban J connectivity index is 2.12. The molecule has 0 aromatic heterocycles. The van der Waals surface area contributed by atoms with Crippen LogP contribution in [0.25, 0.3) is 0 Å². The summed E-state index contributed by atoms with van der Waals surface area (Å²) in [5.41, 5.74) is 0. The Morgan fingerprint density at radius 1 is 1.47 bits per heavy atom. The van der Waals surface area contributed by atoms with Crippen LogP contribution in [-0.2, 0) is 4.74 Å². The predicted molar refractivity (Wildman–Crippen MR) is 60.0 cm³/mol. The van der Waals surface area contributed by atoms with E-state index in [2.05, 4.69) is 5.32 Å². The van der Waals surface area contributed by atoms with Crippen molar-refractivity contribution in [3.05, 3.63) is 0 Å². The summed E-state index contributed by atoms with van der Waals surface area (Å²) in [5.74, 6) is 0. The van der Waals surface area contributed by atoms with Crippen molar-refractivity contribution in [2.45, 2.75) is 38.1 Å². The normalized spacial score (nSPS) is 23.3. The van der Waals surface area contributed by atoms with E-state index in [1.165, 1.54) is 11.9 Å². The molecule has 0 aliphatic carbocycles. The molecule has 102 valence electrons. The first-order valence-electron chi connectivity index (χ1n) is 5.98. The molecule has 0 aromatic rings. The maximum atomic E-state index is 12.2. The zero-order chi connectivity index (χ0) is 12.9. The lowest BCUT2D eigenvalue weighted by atomic mass is 10.2. The Labute approximate surface area is 100 Å². The molecule has 0 aromatic carbocycles. The third-order valence-corrected chi connectivity index (χ3v) is 3.02. The number of nitrogens with one attached hydrogen (secondary N) is 1. The average Bonchev–Trinajstić information content (AvgIpc) is 2.67. The molecule has 1 heterocycles. The Morgan fingerprint density at radius 3 is 2.71 bits per heavy atom. The van der Waals surface area contributed by atoms with Crippen LogP contribution < -0.4 is 5.32 Å². The van der Waals surface area contributed by atoms with E-state index < -0.39 is 12.7 Å². The molecule has 0 bridgehead atoms. The monoisotopic (exact) mass is 254 g/mol. The number of rotatable bonds is 6. The second-order valence-corrected chi connectivity index (χ2v) is 4.67. The van der Waals surface area contributed by atoms with Gasteiger partial charge in [-0.3, -0.25) is 4.90 Å². The Hall–Kier alpha value is -0.330. The van der Waals surface area contributed by atoms with Crippen molar-refractivity contribution in [3.63, 3.8) is 0 Å². The lowest BCUT2D eigenvalue weighted by molar-refractivity contribution is -0.146. The summed E-state index contributed by atoms with van der Waals surface area (Å²) >= 11 is 0. The Kier molecular flexibility index (Phi) is 5.69. The molecular formula is C11H21F3N2O. The smallest absolute Gasteiger partial charge is 0.377 e. The molecule has 1 saturated heterocycles. The molecule has 1 aliphatic heterocycles. The first-order valence-corrected chi connectivity index (χ1v) is 5.98. The van der Waals surface area contributed by atoms with Crippen molar-refractivity contribution in [2.75, 3.05) is 33.3 Å². The van der Waals surface area contributed by atoms with E-state index in [-0.39, 0.29) is 12.1 Å². The van der Waals surface area contributed by atoms with Gasteiger partial charge in [0.25, 0.3) is 0 Å². The lowest BCUT2D eigenvalue weighted by Gasteiger charge is -2.26. The minimum Gasteiger partial charge on any atom is -0.377 e. The van der Waals surface area contributed by atoms with Gasteiger partial charge in [-0.2, -0.15) is 13.2 Å². The molecule has 2 unspecified atom stereocenters. The quantitative estimate of drug-likeness (QED) is 0.780. The first kappa shape index (κ1) is 14.7. The van der Waals surface area contributed by atoms with Crippen LogP contribution in [0.5, 0.6) is 0 Å². The van der Waals surface area contributed by atoms with Crippen molar-refractivity contribution in [3.8, 4) is 0 Å². The topological polar surface area (TPSA) is 24.5 Å². The number of hydrogen-bond donors (Lipinski definition) is 1. The molecule has 6 heteroatoms. The fourth-order valence-electron chi connectivity index (χ4n) is 1.85. The van der Waals surface area contributed by atoms with E-state index >= 15 is 0 Å². The summed E-state index contributed by atoms with van der Waals surface area (Å²) in [6.45, 7) is 3.00. The van der Waals surface area contributed by atoms with E-state index in [1.54, 1.807) is 6.92 Å². The van der Waals surface area contributed by atoms with Crippen molar-refractivity contribution in [1.82, 2.24) is 10.2 Å². The molecule has 2 atom stereocenters.